The van der Waals surface area contributed by atoms with Gasteiger partial charge in [-0.05, 0) is 62.1 Å². The summed E-state index contributed by atoms with van der Waals surface area (Å²) in [4.78, 5) is 26.5. The van der Waals surface area contributed by atoms with Crippen molar-refractivity contribution in [1.82, 2.24) is 0 Å². The highest BCUT2D eigenvalue weighted by Crippen LogP contribution is 2.34. The van der Waals surface area contributed by atoms with Crippen LogP contribution >= 0.6 is 11.6 Å². The number of esters is 2. The number of para-hydroxylation sites is 2. The van der Waals surface area contributed by atoms with Crippen molar-refractivity contribution in [3.8, 4) is 11.5 Å². The monoisotopic (exact) mass is 510 g/mol. The standard InChI is InChI=1S/C29H31ClO6/c1-3-33-27(31)29(28(32)34-4-2,20-10-13-22-11-6-5-7-12-22)36-26-15-9-8-14-25(26)35-21-23-16-18-24(30)19-17-23/h5-9,11-12,14-19H,3-4,10,13,20-21H2,1-2H3. The molecule has 190 valence electrons. The second-order valence-electron chi connectivity index (χ2n) is 8.07. The van der Waals surface area contributed by atoms with Crippen LogP contribution in [0.5, 0.6) is 11.5 Å². The third-order valence-corrected chi connectivity index (χ3v) is 5.74. The van der Waals surface area contributed by atoms with Crippen molar-refractivity contribution < 1.29 is 28.5 Å². The van der Waals surface area contributed by atoms with E-state index in [4.69, 9.17) is 30.5 Å². The fraction of sp³-hybridized carbons (Fsp3) is 0.310. The van der Waals surface area contributed by atoms with E-state index in [1.807, 2.05) is 42.5 Å². The molecule has 3 aromatic rings. The first-order chi connectivity index (χ1) is 17.5. The molecular weight excluding hydrogens is 480 g/mol. The van der Waals surface area contributed by atoms with E-state index in [1.54, 1.807) is 50.2 Å². The van der Waals surface area contributed by atoms with Gasteiger partial charge in [-0.2, -0.15) is 0 Å². The molecule has 0 atom stereocenters. The third-order valence-electron chi connectivity index (χ3n) is 5.49. The topological polar surface area (TPSA) is 71.1 Å². The van der Waals surface area contributed by atoms with E-state index in [0.29, 0.717) is 23.6 Å². The number of ether oxygens (including phenoxy) is 4. The second-order valence-corrected chi connectivity index (χ2v) is 8.51. The molecular formula is C29H31ClO6. The van der Waals surface area contributed by atoms with Crippen LogP contribution in [-0.4, -0.2) is 30.8 Å². The third kappa shape index (κ3) is 7.25. The summed E-state index contributed by atoms with van der Waals surface area (Å²) < 4.78 is 22.8. The molecule has 0 saturated carbocycles. The maximum atomic E-state index is 13.2. The number of carbonyl (C=O) groups excluding carboxylic acids is 2. The lowest BCUT2D eigenvalue weighted by molar-refractivity contribution is -0.180. The lowest BCUT2D eigenvalue weighted by Gasteiger charge is -2.30. The molecule has 0 unspecified atom stereocenters. The summed E-state index contributed by atoms with van der Waals surface area (Å²) in [6, 6.07) is 24.0. The Morgan fingerprint density at radius 1 is 0.750 bits per heavy atom. The van der Waals surface area contributed by atoms with E-state index < -0.39 is 17.5 Å². The maximum absolute atomic E-state index is 13.2. The van der Waals surface area contributed by atoms with Crippen LogP contribution in [-0.2, 0) is 32.1 Å². The highest BCUT2D eigenvalue weighted by atomic mass is 35.5. The predicted molar refractivity (Wildman–Crippen MR) is 138 cm³/mol. The molecule has 0 aliphatic rings. The Bertz CT molecular complexity index is 1100. The van der Waals surface area contributed by atoms with Gasteiger partial charge in [0.1, 0.15) is 6.61 Å². The Labute approximate surface area is 217 Å². The molecule has 0 bridgehead atoms. The van der Waals surface area contributed by atoms with E-state index in [0.717, 1.165) is 11.1 Å². The summed E-state index contributed by atoms with van der Waals surface area (Å²) >= 11 is 5.97. The normalized spacial score (nSPS) is 11.0. The van der Waals surface area contributed by atoms with Crippen molar-refractivity contribution in [2.24, 2.45) is 0 Å². The minimum atomic E-state index is -1.97. The van der Waals surface area contributed by atoms with Gasteiger partial charge in [0.2, 0.25) is 0 Å². The summed E-state index contributed by atoms with van der Waals surface area (Å²) in [6.07, 6.45) is 1.22. The number of rotatable bonds is 13. The van der Waals surface area contributed by atoms with Gasteiger partial charge in [-0.1, -0.05) is 66.2 Å². The van der Waals surface area contributed by atoms with Gasteiger partial charge in [-0.15, -0.1) is 0 Å². The molecule has 0 aliphatic heterocycles. The molecule has 0 saturated heterocycles. The Morgan fingerprint density at radius 2 is 1.33 bits per heavy atom. The van der Waals surface area contributed by atoms with Crippen LogP contribution in [0.25, 0.3) is 0 Å². The predicted octanol–water partition coefficient (Wildman–Crippen LogP) is 6.19. The van der Waals surface area contributed by atoms with Gasteiger partial charge in [-0.25, -0.2) is 9.59 Å². The fourth-order valence-electron chi connectivity index (χ4n) is 3.69. The summed E-state index contributed by atoms with van der Waals surface area (Å²) in [6.45, 7) is 3.80. The number of halogens is 1. The summed E-state index contributed by atoms with van der Waals surface area (Å²) in [5.74, 6) is -0.950. The molecule has 6 nitrogen and oxygen atoms in total. The molecule has 36 heavy (non-hydrogen) atoms. The van der Waals surface area contributed by atoms with Crippen molar-refractivity contribution in [3.05, 3.63) is 95.0 Å². The van der Waals surface area contributed by atoms with E-state index >= 15 is 0 Å². The minimum absolute atomic E-state index is 0.0745. The zero-order chi connectivity index (χ0) is 25.8. The second kappa shape index (κ2) is 13.5. The fourth-order valence-corrected chi connectivity index (χ4v) is 3.81. The lowest BCUT2D eigenvalue weighted by Crippen LogP contribution is -2.54. The highest BCUT2D eigenvalue weighted by Gasteiger charge is 2.52. The van der Waals surface area contributed by atoms with Crippen molar-refractivity contribution >= 4 is 23.5 Å². The van der Waals surface area contributed by atoms with Gasteiger partial charge in [0.15, 0.2) is 11.5 Å². The van der Waals surface area contributed by atoms with Crippen LogP contribution in [0, 0.1) is 0 Å². The molecule has 0 aliphatic carbocycles. The van der Waals surface area contributed by atoms with Crippen molar-refractivity contribution in [2.45, 2.75) is 45.3 Å². The summed E-state index contributed by atoms with van der Waals surface area (Å²) in [5, 5.41) is 0.631. The number of hydrogen-bond acceptors (Lipinski definition) is 6. The van der Waals surface area contributed by atoms with Crippen LogP contribution in [0.15, 0.2) is 78.9 Å². The average Bonchev–Trinajstić information content (AvgIpc) is 2.89. The molecule has 0 amide bonds. The average molecular weight is 511 g/mol. The van der Waals surface area contributed by atoms with Gasteiger partial charge in [-0.3, -0.25) is 0 Å². The quantitative estimate of drug-likeness (QED) is 0.202. The first-order valence-corrected chi connectivity index (χ1v) is 12.4. The smallest absolute Gasteiger partial charge is 0.362 e. The lowest BCUT2D eigenvalue weighted by atomic mass is 9.94. The zero-order valence-electron chi connectivity index (χ0n) is 20.6. The Balaban J connectivity index is 1.88. The molecule has 0 fully saturated rings. The molecule has 7 heteroatoms. The minimum Gasteiger partial charge on any atom is -0.485 e. The van der Waals surface area contributed by atoms with Crippen molar-refractivity contribution in [1.29, 1.82) is 0 Å². The largest absolute Gasteiger partial charge is 0.485 e. The maximum Gasteiger partial charge on any atom is 0.362 e. The molecule has 0 N–H and O–H groups in total. The Hall–Kier alpha value is -3.51. The van der Waals surface area contributed by atoms with Crippen LogP contribution in [0.4, 0.5) is 0 Å². The van der Waals surface area contributed by atoms with Gasteiger partial charge in [0.25, 0.3) is 0 Å². The van der Waals surface area contributed by atoms with Crippen LogP contribution in [0.1, 0.15) is 37.8 Å². The number of carbonyl (C=O) groups is 2. The van der Waals surface area contributed by atoms with E-state index in [9.17, 15) is 9.59 Å². The number of hydrogen-bond donors (Lipinski definition) is 0. The molecule has 0 radical (unpaired) electrons. The molecule has 3 aromatic carbocycles. The Kier molecular flexibility index (Phi) is 10.2. The van der Waals surface area contributed by atoms with Gasteiger partial charge in [0.05, 0.1) is 13.2 Å². The first-order valence-electron chi connectivity index (χ1n) is 12.0. The molecule has 0 aromatic heterocycles. The number of benzene rings is 3. The first kappa shape index (κ1) is 27.1. The van der Waals surface area contributed by atoms with Crippen LogP contribution < -0.4 is 9.47 Å². The highest BCUT2D eigenvalue weighted by molar-refractivity contribution is 6.30. The number of aryl methyl sites for hydroxylation is 1. The summed E-state index contributed by atoms with van der Waals surface area (Å²) in [7, 11) is 0. The summed E-state index contributed by atoms with van der Waals surface area (Å²) in [5.41, 5.74) is 0.0190. The Morgan fingerprint density at radius 3 is 1.94 bits per heavy atom. The van der Waals surface area contributed by atoms with E-state index in [2.05, 4.69) is 0 Å². The van der Waals surface area contributed by atoms with Crippen molar-refractivity contribution in [2.75, 3.05) is 13.2 Å². The van der Waals surface area contributed by atoms with Gasteiger partial charge < -0.3 is 18.9 Å². The SMILES string of the molecule is CCOC(=O)C(CCCc1ccccc1)(Oc1ccccc1OCc1ccc(Cl)cc1)C(=O)OCC. The van der Waals surface area contributed by atoms with E-state index in [1.165, 1.54) is 0 Å². The zero-order valence-corrected chi connectivity index (χ0v) is 21.3. The van der Waals surface area contributed by atoms with Crippen molar-refractivity contribution in [3.63, 3.8) is 0 Å². The van der Waals surface area contributed by atoms with Gasteiger partial charge >= 0.3 is 17.5 Å². The van der Waals surface area contributed by atoms with E-state index in [-0.39, 0.29) is 32.0 Å². The molecule has 0 heterocycles. The molecule has 0 spiro atoms. The van der Waals surface area contributed by atoms with Gasteiger partial charge in [0, 0.05) is 11.4 Å². The van der Waals surface area contributed by atoms with Crippen LogP contribution in [0.2, 0.25) is 5.02 Å². The van der Waals surface area contributed by atoms with Crippen LogP contribution in [0.3, 0.4) is 0 Å². The molecule has 3 rings (SSSR count).